The van der Waals surface area contributed by atoms with E-state index in [2.05, 4.69) is 29.3 Å². The number of carbonyl (C=O) groups excluding carboxylic acids is 1. The van der Waals surface area contributed by atoms with E-state index in [1.54, 1.807) is 24.3 Å². The Hall–Kier alpha value is -2.38. The van der Waals surface area contributed by atoms with Gasteiger partial charge in [0.15, 0.2) is 0 Å². The molecule has 1 heterocycles. The van der Waals surface area contributed by atoms with E-state index < -0.39 is 16.1 Å². The third-order valence-electron chi connectivity index (χ3n) is 5.68. The lowest BCUT2D eigenvalue weighted by molar-refractivity contribution is -0.124. The van der Waals surface area contributed by atoms with Gasteiger partial charge in [-0.3, -0.25) is 4.79 Å². The van der Waals surface area contributed by atoms with Crippen LogP contribution in [-0.2, 0) is 21.4 Å². The Morgan fingerprint density at radius 3 is 2.43 bits per heavy atom. The van der Waals surface area contributed by atoms with Gasteiger partial charge >= 0.3 is 0 Å². The van der Waals surface area contributed by atoms with Gasteiger partial charge in [-0.1, -0.05) is 49.4 Å². The van der Waals surface area contributed by atoms with Crippen LogP contribution in [0.2, 0.25) is 0 Å². The van der Waals surface area contributed by atoms with Crippen LogP contribution in [0.4, 0.5) is 5.69 Å². The average molecular weight is 430 g/mol. The lowest BCUT2D eigenvalue weighted by atomic mass is 9.99. The zero-order valence-corrected chi connectivity index (χ0v) is 18.7. The van der Waals surface area contributed by atoms with Crippen LogP contribution in [0.5, 0.6) is 0 Å². The monoisotopic (exact) mass is 429 g/mol. The molecule has 2 atom stereocenters. The molecule has 0 aliphatic carbocycles. The van der Waals surface area contributed by atoms with Crippen LogP contribution in [0.15, 0.2) is 54.6 Å². The van der Waals surface area contributed by atoms with Crippen molar-refractivity contribution < 1.29 is 13.2 Å². The molecule has 1 N–H and O–H groups in total. The lowest BCUT2D eigenvalue weighted by Gasteiger charge is -2.32. The van der Waals surface area contributed by atoms with Crippen molar-refractivity contribution >= 4 is 21.6 Å². The average Bonchev–Trinajstić information content (AvgIpc) is 2.73. The Bertz CT molecular complexity index is 945. The molecule has 1 fully saturated rings. The van der Waals surface area contributed by atoms with E-state index in [-0.39, 0.29) is 5.91 Å². The van der Waals surface area contributed by atoms with Crippen LogP contribution in [-0.4, -0.2) is 45.0 Å². The highest BCUT2D eigenvalue weighted by atomic mass is 32.2. The van der Waals surface area contributed by atoms with E-state index in [4.69, 9.17) is 0 Å². The molecule has 1 saturated heterocycles. The number of anilines is 1. The molecular weight excluding hydrogens is 398 g/mol. The van der Waals surface area contributed by atoms with Crippen LogP contribution in [0.25, 0.3) is 0 Å². The largest absolute Gasteiger partial charge is 0.371 e. The second-order valence-electron chi connectivity index (χ2n) is 8.17. The molecule has 6 nitrogen and oxygen atoms in total. The van der Waals surface area contributed by atoms with E-state index in [9.17, 15) is 13.2 Å². The van der Waals surface area contributed by atoms with E-state index in [1.807, 2.05) is 18.2 Å². The number of sulfonamides is 1. The standard InChI is InChI=1S/C23H31N3O3S/c1-18-8-7-15-26(17-18)21-13-11-19(12-14-21)16-24-23(27)22(25(2)30(3,28)29)20-9-5-4-6-10-20/h4-6,9-14,18,22H,7-8,15-17H2,1-3H3,(H,24,27)/t18-,22+/m1/s1. The Morgan fingerprint density at radius 2 is 1.83 bits per heavy atom. The number of rotatable bonds is 7. The quantitative estimate of drug-likeness (QED) is 0.734. The first-order chi connectivity index (χ1) is 14.3. The van der Waals surface area contributed by atoms with E-state index >= 15 is 0 Å². The third-order valence-corrected chi connectivity index (χ3v) is 6.93. The fraction of sp³-hybridized carbons (Fsp3) is 0.435. The number of nitrogens with one attached hydrogen (secondary N) is 1. The first-order valence-corrected chi connectivity index (χ1v) is 12.2. The number of likely N-dealkylation sites (N-methyl/N-ethyl adjacent to an activating group) is 1. The first kappa shape index (κ1) is 22.3. The molecule has 0 radical (unpaired) electrons. The predicted molar refractivity (Wildman–Crippen MR) is 121 cm³/mol. The maximum absolute atomic E-state index is 12.9. The molecule has 0 saturated carbocycles. The van der Waals surface area contributed by atoms with Gasteiger partial charge < -0.3 is 10.2 Å². The van der Waals surface area contributed by atoms with Gasteiger partial charge in [-0.05, 0) is 42.0 Å². The summed E-state index contributed by atoms with van der Waals surface area (Å²) in [6.07, 6.45) is 3.61. The number of hydrogen-bond acceptors (Lipinski definition) is 4. The summed E-state index contributed by atoms with van der Waals surface area (Å²) in [5.41, 5.74) is 2.82. The summed E-state index contributed by atoms with van der Waals surface area (Å²) in [6, 6.07) is 16.3. The molecule has 1 aliphatic heterocycles. The van der Waals surface area contributed by atoms with Crippen LogP contribution >= 0.6 is 0 Å². The molecule has 7 heteroatoms. The van der Waals surface area contributed by atoms with Gasteiger partial charge in [0.05, 0.1) is 6.26 Å². The summed E-state index contributed by atoms with van der Waals surface area (Å²) in [4.78, 5) is 15.3. The van der Waals surface area contributed by atoms with Gasteiger partial charge in [0.25, 0.3) is 0 Å². The molecular formula is C23H31N3O3S. The van der Waals surface area contributed by atoms with Gasteiger partial charge in [-0.15, -0.1) is 0 Å². The zero-order valence-electron chi connectivity index (χ0n) is 17.9. The predicted octanol–water partition coefficient (Wildman–Crippen LogP) is 3.17. The van der Waals surface area contributed by atoms with Crippen molar-refractivity contribution in [3.05, 3.63) is 65.7 Å². The van der Waals surface area contributed by atoms with E-state index in [0.717, 1.165) is 29.2 Å². The first-order valence-electron chi connectivity index (χ1n) is 10.4. The van der Waals surface area contributed by atoms with E-state index in [1.165, 1.54) is 25.6 Å². The minimum atomic E-state index is -3.53. The minimum absolute atomic E-state index is 0.344. The summed E-state index contributed by atoms with van der Waals surface area (Å²) in [7, 11) is -2.10. The molecule has 3 rings (SSSR count). The van der Waals surface area contributed by atoms with Gasteiger partial charge in [0.1, 0.15) is 6.04 Å². The van der Waals surface area contributed by atoms with Crippen molar-refractivity contribution in [1.29, 1.82) is 0 Å². The molecule has 30 heavy (non-hydrogen) atoms. The van der Waals surface area contributed by atoms with Crippen molar-refractivity contribution in [2.75, 3.05) is 31.3 Å². The number of carbonyl (C=O) groups is 1. The summed E-state index contributed by atoms with van der Waals surface area (Å²) >= 11 is 0. The SMILES string of the molecule is C[C@@H]1CCCN(c2ccc(CNC(=O)[C@H](c3ccccc3)N(C)S(C)(=O)=O)cc2)C1. The molecule has 1 amide bonds. The number of benzene rings is 2. The highest BCUT2D eigenvalue weighted by molar-refractivity contribution is 7.88. The second-order valence-corrected chi connectivity index (χ2v) is 10.2. The number of nitrogens with zero attached hydrogens (tertiary/aromatic N) is 2. The second kappa shape index (κ2) is 9.62. The number of hydrogen-bond donors (Lipinski definition) is 1. The van der Waals surface area contributed by atoms with Gasteiger partial charge in [0.2, 0.25) is 15.9 Å². The summed E-state index contributed by atoms with van der Waals surface area (Å²) in [5, 5.41) is 2.90. The molecule has 0 bridgehead atoms. The maximum Gasteiger partial charge on any atom is 0.243 e. The summed E-state index contributed by atoms with van der Waals surface area (Å²) in [5.74, 6) is 0.363. The zero-order chi connectivity index (χ0) is 21.7. The van der Waals surface area contributed by atoms with Gasteiger partial charge in [-0.2, -0.15) is 4.31 Å². The summed E-state index contributed by atoms with van der Waals surface area (Å²) < 4.78 is 25.3. The van der Waals surface area contributed by atoms with Crippen LogP contribution in [0.3, 0.4) is 0 Å². The molecule has 162 valence electrons. The van der Waals surface area contributed by atoms with E-state index in [0.29, 0.717) is 18.0 Å². The summed E-state index contributed by atoms with van der Waals surface area (Å²) in [6.45, 7) is 4.78. The van der Waals surface area contributed by atoms with Crippen molar-refractivity contribution in [3.63, 3.8) is 0 Å². The Balaban J connectivity index is 1.68. The van der Waals surface area contributed by atoms with Crippen molar-refractivity contribution in [1.82, 2.24) is 9.62 Å². The van der Waals surface area contributed by atoms with Crippen molar-refractivity contribution in [3.8, 4) is 0 Å². The fourth-order valence-electron chi connectivity index (χ4n) is 3.89. The Kier molecular flexibility index (Phi) is 7.15. The van der Waals surface area contributed by atoms with Crippen LogP contribution < -0.4 is 10.2 Å². The highest BCUT2D eigenvalue weighted by Crippen LogP contribution is 2.24. The molecule has 2 aromatic carbocycles. The van der Waals surface area contributed by atoms with Crippen LogP contribution in [0.1, 0.15) is 36.9 Å². The van der Waals surface area contributed by atoms with Crippen LogP contribution in [0, 0.1) is 5.92 Å². The highest BCUT2D eigenvalue weighted by Gasteiger charge is 2.30. The maximum atomic E-state index is 12.9. The molecule has 0 aromatic heterocycles. The van der Waals surface area contributed by atoms with Gasteiger partial charge in [0, 0.05) is 32.4 Å². The fourth-order valence-corrected chi connectivity index (χ4v) is 4.49. The normalized spacial score (nSPS) is 18.3. The lowest BCUT2D eigenvalue weighted by Crippen LogP contribution is -2.41. The van der Waals surface area contributed by atoms with Crippen molar-refractivity contribution in [2.45, 2.75) is 32.4 Å². The number of piperidine rings is 1. The Labute approximate surface area is 179 Å². The smallest absolute Gasteiger partial charge is 0.243 e. The third kappa shape index (κ3) is 5.61. The Morgan fingerprint density at radius 1 is 1.17 bits per heavy atom. The number of amides is 1. The molecule has 0 unspecified atom stereocenters. The molecule has 2 aromatic rings. The van der Waals surface area contributed by atoms with Crippen molar-refractivity contribution in [2.24, 2.45) is 5.92 Å². The van der Waals surface area contributed by atoms with Gasteiger partial charge in [-0.25, -0.2) is 8.42 Å². The topological polar surface area (TPSA) is 69.7 Å². The molecule has 0 spiro atoms. The molecule has 1 aliphatic rings. The minimum Gasteiger partial charge on any atom is -0.371 e.